The summed E-state index contributed by atoms with van der Waals surface area (Å²) in [6, 6.07) is 9.06. The van der Waals surface area contributed by atoms with Crippen LogP contribution < -0.4 is 10.5 Å². The predicted molar refractivity (Wildman–Crippen MR) is 87.4 cm³/mol. The maximum atomic E-state index is 12.5. The number of rotatable bonds is 3. The van der Waals surface area contributed by atoms with Gasteiger partial charge in [0.2, 0.25) is 0 Å². The molecular weight excluding hydrogens is 318 g/mol. The minimum absolute atomic E-state index is 0.109. The van der Waals surface area contributed by atoms with Crippen LogP contribution in [0.3, 0.4) is 0 Å². The number of hydrogen-bond donors (Lipinski definition) is 1. The molecule has 1 N–H and O–H groups in total. The number of carbonyl (C=O) groups is 1. The number of hydrogen-bond acceptors (Lipinski definition) is 4. The Morgan fingerprint density at radius 2 is 1.87 bits per heavy atom. The number of para-hydroxylation sites is 1. The molecule has 1 aromatic carbocycles. The van der Waals surface area contributed by atoms with Gasteiger partial charge in [-0.25, -0.2) is 0 Å². The van der Waals surface area contributed by atoms with E-state index in [9.17, 15) is 9.59 Å². The van der Waals surface area contributed by atoms with Crippen molar-refractivity contribution in [2.45, 2.75) is 12.8 Å². The van der Waals surface area contributed by atoms with Gasteiger partial charge in [-0.05, 0) is 25.0 Å². The Hall–Kier alpha value is -2.34. The Kier molecular flexibility index (Phi) is 4.34. The van der Waals surface area contributed by atoms with Crippen molar-refractivity contribution in [1.82, 2.24) is 9.78 Å². The molecule has 23 heavy (non-hydrogen) atoms. The molecule has 1 aliphatic rings. The first-order chi connectivity index (χ1) is 11.1. The van der Waals surface area contributed by atoms with Gasteiger partial charge in [-0.1, -0.05) is 29.8 Å². The first-order valence-corrected chi connectivity index (χ1v) is 7.76. The Morgan fingerprint density at radius 3 is 2.48 bits per heavy atom. The number of anilines is 1. The number of nitrogens with zero attached hydrogens (tertiary/aromatic N) is 3. The molecule has 0 amide bonds. The molecule has 1 saturated heterocycles. The van der Waals surface area contributed by atoms with Gasteiger partial charge in [0.05, 0.1) is 23.5 Å². The lowest BCUT2D eigenvalue weighted by Gasteiger charge is -2.32. The van der Waals surface area contributed by atoms with Crippen LogP contribution in [0.25, 0.3) is 5.69 Å². The van der Waals surface area contributed by atoms with Crippen molar-refractivity contribution in [3.05, 3.63) is 51.9 Å². The topological polar surface area (TPSA) is 75.4 Å². The van der Waals surface area contributed by atoms with Crippen LogP contribution in [0.15, 0.2) is 41.3 Å². The van der Waals surface area contributed by atoms with Gasteiger partial charge >= 0.3 is 5.97 Å². The van der Waals surface area contributed by atoms with E-state index in [0.717, 1.165) is 0 Å². The highest BCUT2D eigenvalue weighted by Crippen LogP contribution is 2.27. The van der Waals surface area contributed by atoms with Gasteiger partial charge in [-0.3, -0.25) is 9.59 Å². The molecule has 3 rings (SSSR count). The summed E-state index contributed by atoms with van der Waals surface area (Å²) >= 11 is 6.25. The second-order valence-electron chi connectivity index (χ2n) is 5.50. The van der Waals surface area contributed by atoms with Crippen LogP contribution in [0.5, 0.6) is 0 Å². The summed E-state index contributed by atoms with van der Waals surface area (Å²) in [5.41, 5.74) is 0.832. The number of halogens is 1. The van der Waals surface area contributed by atoms with E-state index >= 15 is 0 Å². The van der Waals surface area contributed by atoms with Crippen molar-refractivity contribution in [3.63, 3.8) is 0 Å². The van der Waals surface area contributed by atoms with Crippen LogP contribution in [0.1, 0.15) is 12.8 Å². The molecule has 0 saturated carbocycles. The zero-order chi connectivity index (χ0) is 16.4. The third-order valence-electron chi connectivity index (χ3n) is 4.09. The molecule has 0 spiro atoms. The molecule has 1 aliphatic heterocycles. The Morgan fingerprint density at radius 1 is 1.22 bits per heavy atom. The zero-order valence-electron chi connectivity index (χ0n) is 12.4. The highest BCUT2D eigenvalue weighted by Gasteiger charge is 2.26. The lowest BCUT2D eigenvalue weighted by molar-refractivity contribution is -0.142. The fourth-order valence-corrected chi connectivity index (χ4v) is 3.01. The molecule has 0 bridgehead atoms. The number of aliphatic carboxylic acids is 1. The minimum Gasteiger partial charge on any atom is -0.481 e. The van der Waals surface area contributed by atoms with E-state index in [1.165, 1.54) is 4.68 Å². The second kappa shape index (κ2) is 6.42. The maximum Gasteiger partial charge on any atom is 0.306 e. The number of benzene rings is 1. The Balaban J connectivity index is 1.87. The van der Waals surface area contributed by atoms with Gasteiger partial charge in [0.25, 0.3) is 5.56 Å². The van der Waals surface area contributed by atoms with Gasteiger partial charge in [-0.2, -0.15) is 9.78 Å². The molecule has 2 heterocycles. The normalized spacial score (nSPS) is 15.6. The van der Waals surface area contributed by atoms with E-state index in [1.807, 2.05) is 23.1 Å². The van der Waals surface area contributed by atoms with Crippen molar-refractivity contribution in [3.8, 4) is 5.69 Å². The van der Waals surface area contributed by atoms with Crippen LogP contribution in [0, 0.1) is 5.92 Å². The molecule has 0 aliphatic carbocycles. The molecule has 0 radical (unpaired) electrons. The predicted octanol–water partition coefficient (Wildman–Crippen LogP) is 2.19. The fourth-order valence-electron chi connectivity index (χ4n) is 2.76. The summed E-state index contributed by atoms with van der Waals surface area (Å²) < 4.78 is 1.26. The van der Waals surface area contributed by atoms with Crippen LogP contribution in [-0.2, 0) is 4.79 Å². The lowest BCUT2D eigenvalue weighted by Crippen LogP contribution is -2.37. The summed E-state index contributed by atoms with van der Waals surface area (Å²) in [7, 11) is 0. The monoisotopic (exact) mass is 333 g/mol. The lowest BCUT2D eigenvalue weighted by atomic mass is 9.97. The van der Waals surface area contributed by atoms with Gasteiger partial charge < -0.3 is 10.0 Å². The number of piperidine rings is 1. The molecular formula is C16H16ClN3O3. The van der Waals surface area contributed by atoms with Crippen molar-refractivity contribution >= 4 is 23.3 Å². The first kappa shape index (κ1) is 15.6. The van der Waals surface area contributed by atoms with Gasteiger partial charge in [0, 0.05) is 13.1 Å². The Bertz CT molecular complexity index is 768. The van der Waals surface area contributed by atoms with Gasteiger partial charge in [0.1, 0.15) is 5.02 Å². The molecule has 2 aromatic rings. The number of carboxylic acids is 1. The smallest absolute Gasteiger partial charge is 0.306 e. The maximum absolute atomic E-state index is 12.5. The average Bonchev–Trinajstić information content (AvgIpc) is 2.58. The summed E-state index contributed by atoms with van der Waals surface area (Å²) in [6.45, 7) is 1.10. The molecule has 1 fully saturated rings. The SMILES string of the molecule is O=C(O)C1CCN(c2cnn(-c3ccccc3)c(=O)c2Cl)CC1. The number of aromatic nitrogens is 2. The van der Waals surface area contributed by atoms with Crippen molar-refractivity contribution in [2.75, 3.05) is 18.0 Å². The van der Waals surface area contributed by atoms with E-state index < -0.39 is 5.97 Å². The van der Waals surface area contributed by atoms with E-state index in [-0.39, 0.29) is 16.5 Å². The van der Waals surface area contributed by atoms with Crippen molar-refractivity contribution in [2.24, 2.45) is 5.92 Å². The van der Waals surface area contributed by atoms with Gasteiger partial charge in [0.15, 0.2) is 0 Å². The standard InChI is InChI=1S/C16H16ClN3O3/c17-14-13(19-8-6-11(7-9-19)16(22)23)10-18-20(15(14)21)12-4-2-1-3-5-12/h1-5,10-11H,6-9H2,(H,22,23). The van der Waals surface area contributed by atoms with Crippen molar-refractivity contribution < 1.29 is 9.90 Å². The minimum atomic E-state index is -0.770. The van der Waals surface area contributed by atoms with Crippen LogP contribution in [0.4, 0.5) is 5.69 Å². The molecule has 7 heteroatoms. The summed E-state index contributed by atoms with van der Waals surface area (Å²) in [4.78, 5) is 25.4. The fraction of sp³-hybridized carbons (Fsp3) is 0.312. The molecule has 120 valence electrons. The molecule has 0 unspecified atom stereocenters. The van der Waals surface area contributed by atoms with Crippen molar-refractivity contribution in [1.29, 1.82) is 0 Å². The molecule has 1 aromatic heterocycles. The molecule has 6 nitrogen and oxygen atoms in total. The summed E-state index contributed by atoms with van der Waals surface area (Å²) in [6.07, 6.45) is 2.64. The van der Waals surface area contributed by atoms with E-state index in [1.54, 1.807) is 18.3 Å². The highest BCUT2D eigenvalue weighted by atomic mass is 35.5. The quantitative estimate of drug-likeness (QED) is 0.931. The summed E-state index contributed by atoms with van der Waals surface area (Å²) in [5.74, 6) is -1.10. The van der Waals surface area contributed by atoms with Crippen LogP contribution in [-0.4, -0.2) is 33.9 Å². The van der Waals surface area contributed by atoms with Crippen LogP contribution >= 0.6 is 11.6 Å². The third kappa shape index (κ3) is 3.07. The highest BCUT2D eigenvalue weighted by molar-refractivity contribution is 6.33. The number of carboxylic acid groups (broad SMARTS) is 1. The second-order valence-corrected chi connectivity index (χ2v) is 5.87. The van der Waals surface area contributed by atoms with Crippen LogP contribution in [0.2, 0.25) is 5.02 Å². The van der Waals surface area contributed by atoms with E-state index in [0.29, 0.717) is 37.3 Å². The Labute approximate surface area is 137 Å². The van der Waals surface area contributed by atoms with E-state index in [4.69, 9.17) is 16.7 Å². The summed E-state index contributed by atoms with van der Waals surface area (Å²) in [5, 5.41) is 13.4. The first-order valence-electron chi connectivity index (χ1n) is 7.39. The third-order valence-corrected chi connectivity index (χ3v) is 4.44. The van der Waals surface area contributed by atoms with Gasteiger partial charge in [-0.15, -0.1) is 0 Å². The van der Waals surface area contributed by atoms with E-state index in [2.05, 4.69) is 5.10 Å². The zero-order valence-corrected chi connectivity index (χ0v) is 13.1. The largest absolute Gasteiger partial charge is 0.481 e. The molecule has 0 atom stereocenters. The average molecular weight is 334 g/mol.